The molecule has 2 heterocycles. The minimum atomic E-state index is 0.0685. The number of aromatic nitrogens is 1. The summed E-state index contributed by atoms with van der Waals surface area (Å²) in [6.45, 7) is 1.62. The molecule has 132 valence electrons. The molecule has 4 rings (SSSR count). The molecule has 2 aromatic rings. The minimum absolute atomic E-state index is 0.0685. The molecule has 1 saturated heterocycles. The average Bonchev–Trinajstić information content (AvgIpc) is 3.51. The summed E-state index contributed by atoms with van der Waals surface area (Å²) in [4.78, 5) is 19.9. The first kappa shape index (κ1) is 16.3. The Labute approximate surface area is 147 Å². The molecule has 1 aliphatic carbocycles. The zero-order chi connectivity index (χ0) is 17.4. The number of methoxy groups -OCH3 is 1. The van der Waals surface area contributed by atoms with Crippen LogP contribution in [0.4, 0.5) is 0 Å². The van der Waals surface area contributed by atoms with Gasteiger partial charge in [0.1, 0.15) is 5.75 Å². The van der Waals surface area contributed by atoms with Gasteiger partial charge < -0.3 is 14.7 Å². The lowest BCUT2D eigenvalue weighted by molar-refractivity contribution is 0.0652. The molecule has 2 fully saturated rings. The van der Waals surface area contributed by atoms with Gasteiger partial charge >= 0.3 is 0 Å². The van der Waals surface area contributed by atoms with Crippen molar-refractivity contribution in [2.75, 3.05) is 26.8 Å². The third kappa shape index (κ3) is 3.21. The smallest absolute Gasteiger partial charge is 0.254 e. The lowest BCUT2D eigenvalue weighted by Gasteiger charge is -2.31. The molecule has 1 N–H and O–H groups in total. The van der Waals surface area contributed by atoms with Crippen LogP contribution in [0.5, 0.6) is 5.75 Å². The van der Waals surface area contributed by atoms with Crippen molar-refractivity contribution in [1.29, 1.82) is 0 Å². The standard InChI is InChI=1S/C20H24N2O3/c1-25-15-4-5-18-16(10-15)17(11-19(21-18)14-2-3-14)20(24)22-8-6-13(12-23)7-9-22/h4-5,10-11,13-14,23H,2-3,6-9,12H2,1H3. The average molecular weight is 340 g/mol. The number of nitrogens with zero attached hydrogens (tertiary/aromatic N) is 2. The van der Waals surface area contributed by atoms with Gasteiger partial charge in [-0.15, -0.1) is 0 Å². The molecule has 2 aliphatic rings. The highest BCUT2D eigenvalue weighted by molar-refractivity contribution is 6.06. The number of aliphatic hydroxyl groups excluding tert-OH is 1. The molecule has 0 spiro atoms. The molecule has 5 nitrogen and oxygen atoms in total. The van der Waals surface area contributed by atoms with E-state index >= 15 is 0 Å². The second kappa shape index (κ2) is 6.64. The highest BCUT2D eigenvalue weighted by Gasteiger charge is 2.29. The number of likely N-dealkylation sites (tertiary alicyclic amines) is 1. The van der Waals surface area contributed by atoms with Gasteiger partial charge in [0.15, 0.2) is 0 Å². The number of amides is 1. The summed E-state index contributed by atoms with van der Waals surface area (Å²) in [5.74, 6) is 1.62. The van der Waals surface area contributed by atoms with Crippen LogP contribution in [0.2, 0.25) is 0 Å². The van der Waals surface area contributed by atoms with Gasteiger partial charge in [0.05, 0.1) is 18.2 Å². The van der Waals surface area contributed by atoms with Crippen molar-refractivity contribution in [3.05, 3.63) is 35.5 Å². The van der Waals surface area contributed by atoms with Gasteiger partial charge in [0, 0.05) is 36.7 Å². The highest BCUT2D eigenvalue weighted by Crippen LogP contribution is 2.40. The monoisotopic (exact) mass is 340 g/mol. The molecule has 0 atom stereocenters. The van der Waals surface area contributed by atoms with E-state index in [1.165, 1.54) is 0 Å². The lowest BCUT2D eigenvalue weighted by Crippen LogP contribution is -2.39. The number of fused-ring (bicyclic) bond motifs is 1. The van der Waals surface area contributed by atoms with Gasteiger partial charge in [-0.25, -0.2) is 0 Å². The van der Waals surface area contributed by atoms with Crippen molar-refractivity contribution < 1.29 is 14.6 Å². The highest BCUT2D eigenvalue weighted by atomic mass is 16.5. The normalized spacial score (nSPS) is 18.6. The number of pyridine rings is 1. The van der Waals surface area contributed by atoms with Gasteiger partial charge in [0.2, 0.25) is 0 Å². The van der Waals surface area contributed by atoms with E-state index in [4.69, 9.17) is 9.72 Å². The summed E-state index contributed by atoms with van der Waals surface area (Å²) in [6, 6.07) is 7.73. The summed E-state index contributed by atoms with van der Waals surface area (Å²) in [5.41, 5.74) is 2.62. The van der Waals surface area contributed by atoms with Gasteiger partial charge in [-0.2, -0.15) is 0 Å². The predicted octanol–water partition coefficient (Wildman–Crippen LogP) is 2.97. The van der Waals surface area contributed by atoms with E-state index in [1.807, 2.05) is 29.2 Å². The van der Waals surface area contributed by atoms with Crippen molar-refractivity contribution in [3.8, 4) is 5.75 Å². The Balaban J connectivity index is 1.72. The molecular formula is C20H24N2O3. The van der Waals surface area contributed by atoms with Crippen LogP contribution in [0.25, 0.3) is 10.9 Å². The lowest BCUT2D eigenvalue weighted by atomic mass is 9.96. The molecule has 25 heavy (non-hydrogen) atoms. The van der Waals surface area contributed by atoms with Gasteiger partial charge in [0.25, 0.3) is 5.91 Å². The van der Waals surface area contributed by atoms with Crippen molar-refractivity contribution in [1.82, 2.24) is 9.88 Å². The molecule has 1 aromatic carbocycles. The molecule has 5 heteroatoms. The van der Waals surface area contributed by atoms with Crippen LogP contribution in [0.1, 0.15) is 47.7 Å². The van der Waals surface area contributed by atoms with Crippen LogP contribution in [-0.4, -0.2) is 47.7 Å². The van der Waals surface area contributed by atoms with Crippen LogP contribution < -0.4 is 4.74 Å². The van der Waals surface area contributed by atoms with E-state index in [1.54, 1.807) is 7.11 Å². The van der Waals surface area contributed by atoms with Crippen LogP contribution in [0.15, 0.2) is 24.3 Å². The number of carbonyl (C=O) groups is 1. The van der Waals surface area contributed by atoms with Crippen LogP contribution in [0, 0.1) is 5.92 Å². The third-order valence-electron chi connectivity index (χ3n) is 5.42. The zero-order valence-corrected chi connectivity index (χ0v) is 14.6. The zero-order valence-electron chi connectivity index (χ0n) is 14.6. The topological polar surface area (TPSA) is 62.7 Å². The number of ether oxygens (including phenoxy) is 1. The van der Waals surface area contributed by atoms with Gasteiger partial charge in [-0.1, -0.05) is 0 Å². The molecule has 0 radical (unpaired) electrons. The Morgan fingerprint density at radius 3 is 2.64 bits per heavy atom. The maximum absolute atomic E-state index is 13.2. The van der Waals surface area contributed by atoms with E-state index < -0.39 is 0 Å². The molecule has 1 aromatic heterocycles. The van der Waals surface area contributed by atoms with Gasteiger partial charge in [-0.3, -0.25) is 9.78 Å². The molecule has 0 bridgehead atoms. The Hall–Kier alpha value is -2.14. The first-order valence-corrected chi connectivity index (χ1v) is 9.08. The van der Waals surface area contributed by atoms with E-state index in [9.17, 15) is 9.90 Å². The quantitative estimate of drug-likeness (QED) is 0.929. The van der Waals surface area contributed by atoms with Crippen molar-refractivity contribution in [2.45, 2.75) is 31.6 Å². The molecule has 1 saturated carbocycles. The summed E-state index contributed by atoms with van der Waals surface area (Å²) in [7, 11) is 1.63. The summed E-state index contributed by atoms with van der Waals surface area (Å²) in [6.07, 6.45) is 4.04. The Morgan fingerprint density at radius 1 is 1.24 bits per heavy atom. The number of aliphatic hydroxyl groups is 1. The number of carbonyl (C=O) groups excluding carboxylic acids is 1. The van der Waals surface area contributed by atoms with Crippen LogP contribution in [-0.2, 0) is 0 Å². The van der Waals surface area contributed by atoms with E-state index in [0.717, 1.165) is 53.6 Å². The predicted molar refractivity (Wildman–Crippen MR) is 96.0 cm³/mol. The Morgan fingerprint density at radius 2 is 2.00 bits per heavy atom. The fourth-order valence-corrected chi connectivity index (χ4v) is 3.61. The second-order valence-corrected chi connectivity index (χ2v) is 7.17. The van der Waals surface area contributed by atoms with E-state index in [0.29, 0.717) is 24.9 Å². The van der Waals surface area contributed by atoms with Crippen LogP contribution in [0.3, 0.4) is 0 Å². The third-order valence-corrected chi connectivity index (χ3v) is 5.42. The summed E-state index contributed by atoms with van der Waals surface area (Å²) >= 11 is 0. The summed E-state index contributed by atoms with van der Waals surface area (Å²) < 4.78 is 5.34. The maximum Gasteiger partial charge on any atom is 0.254 e. The molecule has 1 amide bonds. The maximum atomic E-state index is 13.2. The van der Waals surface area contributed by atoms with Gasteiger partial charge in [-0.05, 0) is 55.9 Å². The van der Waals surface area contributed by atoms with Crippen molar-refractivity contribution in [3.63, 3.8) is 0 Å². The SMILES string of the molecule is COc1ccc2nc(C3CC3)cc(C(=O)N3CCC(CO)CC3)c2c1. The number of hydrogen-bond acceptors (Lipinski definition) is 4. The number of benzene rings is 1. The van der Waals surface area contributed by atoms with Crippen molar-refractivity contribution >= 4 is 16.8 Å². The first-order valence-electron chi connectivity index (χ1n) is 9.08. The first-order chi connectivity index (χ1) is 12.2. The van der Waals surface area contributed by atoms with E-state index in [-0.39, 0.29) is 12.5 Å². The van der Waals surface area contributed by atoms with Crippen molar-refractivity contribution in [2.24, 2.45) is 5.92 Å². The number of rotatable bonds is 4. The minimum Gasteiger partial charge on any atom is -0.497 e. The van der Waals surface area contributed by atoms with Crippen LogP contribution >= 0.6 is 0 Å². The fourth-order valence-electron chi connectivity index (χ4n) is 3.61. The Bertz CT molecular complexity index is 793. The summed E-state index contributed by atoms with van der Waals surface area (Å²) in [5, 5.41) is 10.2. The fraction of sp³-hybridized carbons (Fsp3) is 0.500. The van der Waals surface area contributed by atoms with E-state index in [2.05, 4.69) is 0 Å². The second-order valence-electron chi connectivity index (χ2n) is 7.17. The number of piperidine rings is 1. The molecule has 0 unspecified atom stereocenters. The number of hydrogen-bond donors (Lipinski definition) is 1. The largest absolute Gasteiger partial charge is 0.497 e. The molecule has 1 aliphatic heterocycles. The molecular weight excluding hydrogens is 316 g/mol. The Kier molecular flexibility index (Phi) is 4.34.